The van der Waals surface area contributed by atoms with Gasteiger partial charge < -0.3 is 10.1 Å². The molecule has 1 unspecified atom stereocenters. The number of anilines is 1. The van der Waals surface area contributed by atoms with Crippen LogP contribution < -0.4 is 5.32 Å². The number of amides is 1. The summed E-state index contributed by atoms with van der Waals surface area (Å²) in [4.78, 5) is 25.8. The van der Waals surface area contributed by atoms with Crippen LogP contribution in [0.2, 0.25) is 0 Å². The molecule has 0 bridgehead atoms. The zero-order valence-electron chi connectivity index (χ0n) is 17.1. The average Bonchev–Trinajstić information content (AvgIpc) is 2.99. The lowest BCUT2D eigenvalue weighted by Gasteiger charge is -2.22. The van der Waals surface area contributed by atoms with Crippen molar-refractivity contribution in [1.82, 2.24) is 0 Å². The minimum atomic E-state index is -0.440. The quantitative estimate of drug-likeness (QED) is 0.594. The molecule has 0 fully saturated rings. The Balaban J connectivity index is 2.21. The molecule has 1 N–H and O–H groups in total. The van der Waals surface area contributed by atoms with Crippen LogP contribution in [0.15, 0.2) is 30.3 Å². The lowest BCUT2D eigenvalue weighted by Crippen LogP contribution is -2.16. The Morgan fingerprint density at radius 3 is 2.43 bits per heavy atom. The third-order valence-corrected chi connectivity index (χ3v) is 5.46. The first kappa shape index (κ1) is 22.1. The van der Waals surface area contributed by atoms with Crippen molar-refractivity contribution in [1.29, 1.82) is 0 Å². The molecule has 6 heteroatoms. The van der Waals surface area contributed by atoms with Crippen molar-refractivity contribution in [2.24, 2.45) is 5.41 Å². The van der Waals surface area contributed by atoms with Crippen molar-refractivity contribution in [3.8, 4) is 0 Å². The summed E-state index contributed by atoms with van der Waals surface area (Å²) in [5.41, 5.74) is 1.24. The highest BCUT2D eigenvalue weighted by molar-refractivity contribution is 7.16. The largest absolute Gasteiger partial charge is 0.462 e. The van der Waals surface area contributed by atoms with Crippen LogP contribution in [0.3, 0.4) is 0 Å². The van der Waals surface area contributed by atoms with E-state index >= 15 is 0 Å². The van der Waals surface area contributed by atoms with E-state index < -0.39 is 5.97 Å². The van der Waals surface area contributed by atoms with Gasteiger partial charge in [-0.1, -0.05) is 39.8 Å². The molecule has 2 rings (SSSR count). The monoisotopic (exact) mass is 405 g/mol. The van der Waals surface area contributed by atoms with Crippen LogP contribution in [-0.2, 0) is 16.0 Å². The molecule has 0 saturated heterocycles. The van der Waals surface area contributed by atoms with Gasteiger partial charge in [-0.2, -0.15) is 0 Å². The fourth-order valence-corrected chi connectivity index (χ4v) is 4.20. The highest BCUT2D eigenvalue weighted by atomic mass is 32.1. The maximum atomic E-state index is 13.0. The summed E-state index contributed by atoms with van der Waals surface area (Å²) in [6.07, 6.45) is 1.06. The molecule has 1 amide bonds. The number of nitrogens with one attached hydrogen (secondary N) is 1. The predicted molar refractivity (Wildman–Crippen MR) is 111 cm³/mol. The van der Waals surface area contributed by atoms with Gasteiger partial charge in [0, 0.05) is 4.88 Å². The molecule has 1 aromatic heterocycles. The molecule has 0 aliphatic rings. The number of thiophene rings is 1. The number of hydrogen-bond donors (Lipinski definition) is 1. The zero-order valence-corrected chi connectivity index (χ0v) is 17.9. The summed E-state index contributed by atoms with van der Waals surface area (Å²) in [6.45, 7) is 10.7. The topological polar surface area (TPSA) is 55.4 Å². The van der Waals surface area contributed by atoms with Gasteiger partial charge in [0.25, 0.3) is 0 Å². The summed E-state index contributed by atoms with van der Waals surface area (Å²) in [6, 6.07) is 7.62. The second kappa shape index (κ2) is 9.32. The molecule has 1 atom stereocenters. The van der Waals surface area contributed by atoms with Crippen LogP contribution in [0, 0.1) is 11.2 Å². The number of carbonyl (C=O) groups excluding carboxylic acids is 2. The SMILES string of the molecule is CCOC(=O)c1cc(C(C)CC(C)(C)C)sc1NC(=O)Cc1ccc(F)cc1. The number of ether oxygens (including phenoxy) is 1. The van der Waals surface area contributed by atoms with E-state index in [1.54, 1.807) is 19.1 Å². The second-order valence-electron chi connectivity index (χ2n) is 8.13. The Bertz CT molecular complexity index is 821. The van der Waals surface area contributed by atoms with E-state index in [2.05, 4.69) is 33.0 Å². The summed E-state index contributed by atoms with van der Waals surface area (Å²) < 4.78 is 18.2. The number of esters is 1. The number of rotatable bonds is 7. The molecule has 4 nitrogen and oxygen atoms in total. The van der Waals surface area contributed by atoms with Gasteiger partial charge in [0.05, 0.1) is 18.6 Å². The van der Waals surface area contributed by atoms with Crippen LogP contribution in [0.5, 0.6) is 0 Å². The molecular formula is C22H28FNO3S. The lowest BCUT2D eigenvalue weighted by molar-refractivity contribution is -0.115. The summed E-state index contributed by atoms with van der Waals surface area (Å²) in [5.74, 6) is -0.788. The fraction of sp³-hybridized carbons (Fsp3) is 0.455. The van der Waals surface area contributed by atoms with Gasteiger partial charge in [0.2, 0.25) is 5.91 Å². The molecule has 0 aliphatic carbocycles. The van der Waals surface area contributed by atoms with Crippen molar-refractivity contribution < 1.29 is 18.7 Å². The molecule has 0 radical (unpaired) electrons. The van der Waals surface area contributed by atoms with Gasteiger partial charge in [-0.05, 0) is 48.4 Å². The Morgan fingerprint density at radius 1 is 1.21 bits per heavy atom. The number of carbonyl (C=O) groups is 2. The molecule has 28 heavy (non-hydrogen) atoms. The molecule has 152 valence electrons. The standard InChI is InChI=1S/C22H28FNO3S/c1-6-27-21(26)17-12-18(14(2)13-22(3,4)5)28-20(17)24-19(25)11-15-7-9-16(23)10-8-15/h7-10,12,14H,6,11,13H2,1-5H3,(H,24,25). The van der Waals surface area contributed by atoms with Crippen LogP contribution in [0.4, 0.5) is 9.39 Å². The van der Waals surface area contributed by atoms with E-state index in [1.165, 1.54) is 23.5 Å². The van der Waals surface area contributed by atoms with Crippen molar-refractivity contribution >= 4 is 28.2 Å². The molecule has 0 saturated carbocycles. The Morgan fingerprint density at radius 2 is 1.86 bits per heavy atom. The summed E-state index contributed by atoms with van der Waals surface area (Å²) >= 11 is 1.41. The normalized spacial score (nSPS) is 12.5. The maximum absolute atomic E-state index is 13.0. The fourth-order valence-electron chi connectivity index (χ4n) is 3.08. The van der Waals surface area contributed by atoms with E-state index in [0.29, 0.717) is 16.1 Å². The van der Waals surface area contributed by atoms with Gasteiger partial charge in [0.15, 0.2) is 0 Å². The molecule has 0 spiro atoms. The van der Waals surface area contributed by atoms with E-state index in [-0.39, 0.29) is 36.1 Å². The van der Waals surface area contributed by atoms with E-state index in [9.17, 15) is 14.0 Å². The predicted octanol–water partition coefficient (Wildman–Crippen LogP) is 5.78. The van der Waals surface area contributed by atoms with E-state index in [4.69, 9.17) is 4.74 Å². The smallest absolute Gasteiger partial charge is 0.341 e. The number of benzene rings is 1. The number of halogens is 1. The third-order valence-electron chi connectivity index (χ3n) is 4.18. The first-order valence-electron chi connectivity index (χ1n) is 9.44. The van der Waals surface area contributed by atoms with E-state index in [0.717, 1.165) is 11.3 Å². The van der Waals surface area contributed by atoms with Crippen LogP contribution in [0.25, 0.3) is 0 Å². The average molecular weight is 406 g/mol. The first-order valence-corrected chi connectivity index (χ1v) is 10.3. The number of hydrogen-bond acceptors (Lipinski definition) is 4. The molecule has 1 aromatic carbocycles. The van der Waals surface area contributed by atoms with Gasteiger partial charge in [-0.3, -0.25) is 4.79 Å². The summed E-state index contributed by atoms with van der Waals surface area (Å²) in [7, 11) is 0. The molecule has 2 aromatic rings. The lowest BCUT2D eigenvalue weighted by atomic mass is 9.85. The minimum absolute atomic E-state index is 0.104. The minimum Gasteiger partial charge on any atom is -0.462 e. The Kier molecular flexibility index (Phi) is 7.35. The molecule has 1 heterocycles. The van der Waals surface area contributed by atoms with Crippen LogP contribution in [-0.4, -0.2) is 18.5 Å². The van der Waals surface area contributed by atoms with Crippen molar-refractivity contribution in [2.75, 3.05) is 11.9 Å². The van der Waals surface area contributed by atoms with Crippen LogP contribution >= 0.6 is 11.3 Å². The van der Waals surface area contributed by atoms with Crippen molar-refractivity contribution in [2.45, 2.75) is 53.4 Å². The zero-order chi connectivity index (χ0) is 20.9. The third kappa shape index (κ3) is 6.44. The molecule has 0 aliphatic heterocycles. The van der Waals surface area contributed by atoms with Gasteiger partial charge in [0.1, 0.15) is 10.8 Å². The highest BCUT2D eigenvalue weighted by Crippen LogP contribution is 2.38. The van der Waals surface area contributed by atoms with Crippen molar-refractivity contribution in [3.63, 3.8) is 0 Å². The van der Waals surface area contributed by atoms with Gasteiger partial charge in [-0.15, -0.1) is 11.3 Å². The Labute approximate surface area is 170 Å². The van der Waals surface area contributed by atoms with E-state index in [1.807, 2.05) is 6.07 Å². The van der Waals surface area contributed by atoms with Gasteiger partial charge >= 0.3 is 5.97 Å². The molecular weight excluding hydrogens is 377 g/mol. The second-order valence-corrected chi connectivity index (χ2v) is 9.21. The highest BCUT2D eigenvalue weighted by Gasteiger charge is 2.24. The van der Waals surface area contributed by atoms with Crippen molar-refractivity contribution in [3.05, 3.63) is 52.2 Å². The summed E-state index contributed by atoms with van der Waals surface area (Å²) in [5, 5.41) is 3.34. The van der Waals surface area contributed by atoms with Crippen LogP contribution in [0.1, 0.15) is 67.8 Å². The first-order chi connectivity index (χ1) is 13.1. The maximum Gasteiger partial charge on any atom is 0.341 e. The Hall–Kier alpha value is -2.21. The van der Waals surface area contributed by atoms with Gasteiger partial charge in [-0.25, -0.2) is 9.18 Å².